The summed E-state index contributed by atoms with van der Waals surface area (Å²) in [7, 11) is 0. The number of carbonyl (C=O) groups is 2. The Morgan fingerprint density at radius 2 is 1.81 bits per heavy atom. The fourth-order valence-electron chi connectivity index (χ4n) is 4.13. The molecule has 0 bridgehead atoms. The maximum Gasteiger partial charge on any atom is 0.341 e. The Labute approximate surface area is 193 Å². The lowest BCUT2D eigenvalue weighted by molar-refractivity contribution is -0.123. The van der Waals surface area contributed by atoms with E-state index in [1.165, 1.54) is 37.1 Å². The van der Waals surface area contributed by atoms with Gasteiger partial charge in [-0.15, -0.1) is 0 Å². The number of hydrogen-bond acceptors (Lipinski definition) is 5. The maximum atomic E-state index is 14.5. The van der Waals surface area contributed by atoms with Gasteiger partial charge in [0.25, 0.3) is 5.91 Å². The Kier molecular flexibility index (Phi) is 6.76. The molecule has 1 aromatic heterocycles. The van der Waals surface area contributed by atoms with Gasteiger partial charge in [0.2, 0.25) is 0 Å². The van der Waals surface area contributed by atoms with Crippen molar-refractivity contribution in [2.45, 2.75) is 51.0 Å². The van der Waals surface area contributed by atoms with Crippen LogP contribution in [0.3, 0.4) is 0 Å². The second-order valence-electron chi connectivity index (χ2n) is 7.84. The molecule has 2 aliphatic rings. The van der Waals surface area contributed by atoms with E-state index in [1.54, 1.807) is 17.0 Å². The van der Waals surface area contributed by atoms with E-state index in [-0.39, 0.29) is 23.3 Å². The monoisotopic (exact) mass is 477 g/mol. The number of halogens is 2. The predicted octanol–water partition coefficient (Wildman–Crippen LogP) is 6.24. The fourth-order valence-corrected chi connectivity index (χ4v) is 5.51. The van der Waals surface area contributed by atoms with Crippen molar-refractivity contribution in [1.82, 2.24) is 4.90 Å². The van der Waals surface area contributed by atoms with Gasteiger partial charge in [0, 0.05) is 12.1 Å². The van der Waals surface area contributed by atoms with Crippen LogP contribution in [0.2, 0.25) is 0 Å². The molecular weight excluding hydrogens is 456 g/mol. The average molecular weight is 478 g/mol. The van der Waals surface area contributed by atoms with Crippen LogP contribution in [0.25, 0.3) is 17.4 Å². The van der Waals surface area contributed by atoms with Crippen LogP contribution in [0.5, 0.6) is 0 Å². The van der Waals surface area contributed by atoms with Crippen molar-refractivity contribution >= 4 is 46.3 Å². The van der Waals surface area contributed by atoms with Crippen molar-refractivity contribution in [2.24, 2.45) is 0 Å². The van der Waals surface area contributed by atoms with Gasteiger partial charge in [0.05, 0.1) is 10.5 Å². The van der Waals surface area contributed by atoms with E-state index in [1.807, 2.05) is 0 Å². The predicted molar refractivity (Wildman–Crippen MR) is 122 cm³/mol. The molecule has 2 aromatic rings. The number of nitrogens with zero attached hydrogens (tertiary/aromatic N) is 1. The first-order valence-electron chi connectivity index (χ1n) is 10.5. The average Bonchev–Trinajstić information content (AvgIpc) is 3.27. The molecule has 168 valence electrons. The van der Waals surface area contributed by atoms with Gasteiger partial charge >= 0.3 is 5.97 Å². The molecule has 4 rings (SSSR count). The quantitative estimate of drug-likeness (QED) is 0.415. The highest BCUT2D eigenvalue weighted by molar-refractivity contribution is 8.26. The lowest BCUT2D eigenvalue weighted by Crippen LogP contribution is -2.39. The molecule has 1 saturated carbocycles. The zero-order valence-corrected chi connectivity index (χ0v) is 18.7. The molecule has 2 fully saturated rings. The summed E-state index contributed by atoms with van der Waals surface area (Å²) < 4.78 is 34.4. The van der Waals surface area contributed by atoms with Crippen LogP contribution in [0.1, 0.15) is 61.1 Å². The van der Waals surface area contributed by atoms with E-state index in [0.29, 0.717) is 15.0 Å². The molecule has 1 aliphatic heterocycles. The number of thiocarbonyl (C=S) groups is 1. The number of carboxylic acids is 1. The van der Waals surface area contributed by atoms with Crippen LogP contribution >= 0.6 is 24.0 Å². The molecule has 2 heterocycles. The molecule has 1 aliphatic carbocycles. The molecule has 0 atom stereocenters. The smallest absolute Gasteiger partial charge is 0.341 e. The number of benzene rings is 1. The molecule has 1 N–H and O–H groups in total. The maximum absolute atomic E-state index is 14.5. The standard InChI is InChI=1S/C23H21F2NO4S2/c24-16-10-9-15(20(25)19(16)22(28)29)17-11-8-14(30-17)12-18-21(27)26(23(31)32-18)13-6-4-2-1-3-5-7-13/h8-13H,1-7H2,(H,28,29)/b18-12-. The first kappa shape index (κ1) is 22.7. The van der Waals surface area contributed by atoms with Gasteiger partial charge in [-0.25, -0.2) is 13.6 Å². The third-order valence-electron chi connectivity index (χ3n) is 5.73. The number of carboxylic acid groups (broad SMARTS) is 1. The Morgan fingerprint density at radius 1 is 1.12 bits per heavy atom. The number of amides is 1. The number of rotatable bonds is 4. The minimum Gasteiger partial charge on any atom is -0.477 e. The van der Waals surface area contributed by atoms with Crippen molar-refractivity contribution in [1.29, 1.82) is 0 Å². The summed E-state index contributed by atoms with van der Waals surface area (Å²) in [6.45, 7) is 0. The van der Waals surface area contributed by atoms with Crippen molar-refractivity contribution in [3.8, 4) is 11.3 Å². The minimum atomic E-state index is -1.70. The number of carbonyl (C=O) groups excluding carboxylic acids is 1. The first-order valence-corrected chi connectivity index (χ1v) is 11.7. The summed E-state index contributed by atoms with van der Waals surface area (Å²) in [6, 6.07) is 5.09. The molecule has 5 nitrogen and oxygen atoms in total. The SMILES string of the molecule is O=C(O)c1c(F)ccc(-c2ccc(/C=C3\SC(=S)N(C4CCCCCCC4)C3=O)o2)c1F. The molecular formula is C23H21F2NO4S2. The highest BCUT2D eigenvalue weighted by atomic mass is 32.2. The third-order valence-corrected chi connectivity index (χ3v) is 7.06. The van der Waals surface area contributed by atoms with Crippen molar-refractivity contribution in [3.05, 3.63) is 52.1 Å². The molecule has 1 aromatic carbocycles. The van der Waals surface area contributed by atoms with E-state index >= 15 is 0 Å². The second-order valence-corrected chi connectivity index (χ2v) is 9.52. The van der Waals surface area contributed by atoms with Crippen LogP contribution in [0.4, 0.5) is 8.78 Å². The summed E-state index contributed by atoms with van der Waals surface area (Å²) >= 11 is 6.68. The zero-order valence-electron chi connectivity index (χ0n) is 17.1. The van der Waals surface area contributed by atoms with E-state index in [2.05, 4.69) is 0 Å². The van der Waals surface area contributed by atoms with E-state index in [0.717, 1.165) is 37.8 Å². The summed E-state index contributed by atoms with van der Waals surface area (Å²) in [4.78, 5) is 26.3. The van der Waals surface area contributed by atoms with Crippen molar-refractivity contribution in [2.75, 3.05) is 0 Å². The van der Waals surface area contributed by atoms with E-state index in [4.69, 9.17) is 21.7 Å². The highest BCUT2D eigenvalue weighted by Crippen LogP contribution is 2.37. The number of furan rings is 1. The molecule has 0 radical (unpaired) electrons. The largest absolute Gasteiger partial charge is 0.477 e. The number of thioether (sulfide) groups is 1. The summed E-state index contributed by atoms with van der Waals surface area (Å²) in [5, 5.41) is 9.06. The Balaban J connectivity index is 1.57. The van der Waals surface area contributed by atoms with Crippen LogP contribution in [-0.4, -0.2) is 32.2 Å². The van der Waals surface area contributed by atoms with Crippen molar-refractivity contribution < 1.29 is 27.9 Å². The highest BCUT2D eigenvalue weighted by Gasteiger charge is 2.37. The van der Waals surface area contributed by atoms with Gasteiger partial charge in [0.15, 0.2) is 5.82 Å². The van der Waals surface area contributed by atoms with Gasteiger partial charge < -0.3 is 9.52 Å². The lowest BCUT2D eigenvalue weighted by Gasteiger charge is -2.28. The molecule has 0 unspecified atom stereocenters. The fraction of sp³-hybridized carbons (Fsp3) is 0.348. The molecule has 1 saturated heterocycles. The van der Waals surface area contributed by atoms with E-state index < -0.39 is 23.2 Å². The van der Waals surface area contributed by atoms with Crippen molar-refractivity contribution in [3.63, 3.8) is 0 Å². The third kappa shape index (κ3) is 4.49. The molecule has 32 heavy (non-hydrogen) atoms. The van der Waals surface area contributed by atoms with Gasteiger partial charge in [0.1, 0.15) is 27.2 Å². The Hall–Kier alpha value is -2.52. The molecule has 9 heteroatoms. The Morgan fingerprint density at radius 3 is 2.50 bits per heavy atom. The van der Waals surface area contributed by atoms with Gasteiger partial charge in [-0.2, -0.15) is 0 Å². The zero-order chi connectivity index (χ0) is 22.8. The van der Waals surface area contributed by atoms with Crippen LogP contribution in [-0.2, 0) is 4.79 Å². The van der Waals surface area contributed by atoms with Crippen LogP contribution < -0.4 is 0 Å². The number of aromatic carboxylic acids is 1. The second kappa shape index (κ2) is 9.54. The van der Waals surface area contributed by atoms with Crippen LogP contribution in [0.15, 0.2) is 33.6 Å². The first-order chi connectivity index (χ1) is 15.4. The number of hydrogen-bond donors (Lipinski definition) is 1. The summed E-state index contributed by atoms with van der Waals surface area (Å²) in [6.07, 6.45) is 9.12. The lowest BCUT2D eigenvalue weighted by atomic mass is 9.96. The minimum absolute atomic E-state index is 0.0340. The normalized spacial score (nSPS) is 19.4. The van der Waals surface area contributed by atoms with E-state index in [9.17, 15) is 18.4 Å². The Bertz CT molecular complexity index is 1100. The van der Waals surface area contributed by atoms with Gasteiger partial charge in [-0.1, -0.05) is 56.1 Å². The topological polar surface area (TPSA) is 70.8 Å². The molecule has 1 amide bonds. The van der Waals surface area contributed by atoms with Gasteiger partial charge in [-0.3, -0.25) is 9.69 Å². The summed E-state index contributed by atoms with van der Waals surface area (Å²) in [5.74, 6) is -3.92. The molecule has 0 spiro atoms. The van der Waals surface area contributed by atoms with Gasteiger partial charge in [-0.05, 0) is 37.1 Å². The summed E-state index contributed by atoms with van der Waals surface area (Å²) in [5.41, 5.74) is -1.22. The van der Waals surface area contributed by atoms with Crippen LogP contribution in [0, 0.1) is 11.6 Å².